The quantitative estimate of drug-likeness (QED) is 0.339. The molecule has 204 valence electrons. The van der Waals surface area contributed by atoms with Crippen molar-refractivity contribution in [3.63, 3.8) is 0 Å². The second kappa shape index (κ2) is 10.4. The van der Waals surface area contributed by atoms with Crippen LogP contribution in [0.5, 0.6) is 0 Å². The summed E-state index contributed by atoms with van der Waals surface area (Å²) < 4.78 is 20.2. The number of halogens is 1. The van der Waals surface area contributed by atoms with Gasteiger partial charge in [-0.15, -0.1) is 0 Å². The van der Waals surface area contributed by atoms with E-state index in [1.807, 2.05) is 31.7 Å². The molecule has 12 heteroatoms. The maximum absolute atomic E-state index is 15.2. The molecule has 1 aliphatic rings. The summed E-state index contributed by atoms with van der Waals surface area (Å²) in [6.07, 6.45) is 3.45. The second-order valence-electron chi connectivity index (χ2n) is 10.8. The molecule has 39 heavy (non-hydrogen) atoms. The molecule has 4 aromatic rings. The van der Waals surface area contributed by atoms with Gasteiger partial charge in [0.15, 0.2) is 17.3 Å². The minimum Gasteiger partial charge on any atom is -0.364 e. The van der Waals surface area contributed by atoms with Crippen LogP contribution in [0.3, 0.4) is 0 Å². The number of nitrogens with zero attached hydrogens (tertiary/aromatic N) is 5. The molecule has 1 atom stereocenters. The lowest BCUT2D eigenvalue weighted by Gasteiger charge is -2.32. The number of aromatic nitrogens is 5. The topological polar surface area (TPSA) is 142 Å². The van der Waals surface area contributed by atoms with Gasteiger partial charge in [0.2, 0.25) is 5.91 Å². The first-order valence-corrected chi connectivity index (χ1v) is 12.9. The van der Waals surface area contributed by atoms with Crippen molar-refractivity contribution in [3.8, 4) is 11.1 Å². The average molecular weight is 535 g/mol. The van der Waals surface area contributed by atoms with E-state index in [4.69, 9.17) is 4.52 Å². The van der Waals surface area contributed by atoms with Crippen LogP contribution >= 0.6 is 0 Å². The minimum atomic E-state index is -0.572. The summed E-state index contributed by atoms with van der Waals surface area (Å²) in [5.41, 5.74) is 1.91. The highest BCUT2D eigenvalue weighted by molar-refractivity contribution is 6.00. The maximum atomic E-state index is 15.2. The summed E-state index contributed by atoms with van der Waals surface area (Å²) >= 11 is 0. The molecular weight excluding hydrogens is 503 g/mol. The number of carbonyl (C=O) groups is 2. The number of hydrogen-bond acceptors (Lipinski definition) is 8. The number of aromatic amines is 1. The van der Waals surface area contributed by atoms with Crippen molar-refractivity contribution in [3.05, 3.63) is 53.6 Å². The van der Waals surface area contributed by atoms with Crippen molar-refractivity contribution in [2.75, 3.05) is 18.4 Å². The van der Waals surface area contributed by atoms with E-state index in [0.29, 0.717) is 35.0 Å². The third-order valence-electron chi connectivity index (χ3n) is 6.76. The Morgan fingerprint density at radius 3 is 2.79 bits per heavy atom. The number of rotatable bonds is 6. The SMILES string of the molecule is CC(=O)N1CCC[C@H](Nc2n[nH]c3nccc(-c4ccc(CNC(=O)c5nc(C(C)(C)C)no5)c(F)c4)c23)C1. The first-order valence-electron chi connectivity index (χ1n) is 12.9. The van der Waals surface area contributed by atoms with Gasteiger partial charge < -0.3 is 20.1 Å². The van der Waals surface area contributed by atoms with E-state index < -0.39 is 11.7 Å². The molecule has 1 aliphatic heterocycles. The molecule has 0 unspecified atom stereocenters. The highest BCUT2D eigenvalue weighted by atomic mass is 19.1. The van der Waals surface area contributed by atoms with Gasteiger partial charge in [0, 0.05) is 49.8 Å². The predicted molar refractivity (Wildman–Crippen MR) is 142 cm³/mol. The molecule has 1 aromatic carbocycles. The number of H-pyrrole nitrogens is 1. The zero-order valence-electron chi connectivity index (χ0n) is 22.3. The summed E-state index contributed by atoms with van der Waals surface area (Å²) in [7, 11) is 0. The molecule has 3 N–H and O–H groups in total. The molecule has 1 fully saturated rings. The van der Waals surface area contributed by atoms with Crippen molar-refractivity contribution < 1.29 is 18.5 Å². The number of anilines is 1. The fourth-order valence-electron chi connectivity index (χ4n) is 4.60. The lowest BCUT2D eigenvalue weighted by molar-refractivity contribution is -0.129. The van der Waals surface area contributed by atoms with Gasteiger partial charge in [0.05, 0.1) is 5.39 Å². The molecule has 0 aliphatic carbocycles. The van der Waals surface area contributed by atoms with E-state index in [-0.39, 0.29) is 29.8 Å². The minimum absolute atomic E-state index is 0.0447. The molecule has 2 amide bonds. The number of fused-ring (bicyclic) bond motifs is 1. The summed E-state index contributed by atoms with van der Waals surface area (Å²) in [5.74, 6) is -0.137. The van der Waals surface area contributed by atoms with E-state index in [9.17, 15) is 9.59 Å². The Morgan fingerprint density at radius 1 is 1.26 bits per heavy atom. The van der Waals surface area contributed by atoms with E-state index in [2.05, 4.69) is 36.0 Å². The lowest BCUT2D eigenvalue weighted by Crippen LogP contribution is -2.44. The first kappa shape index (κ1) is 26.3. The Kier molecular flexibility index (Phi) is 7.02. The monoisotopic (exact) mass is 534 g/mol. The van der Waals surface area contributed by atoms with Gasteiger partial charge in [0.25, 0.3) is 0 Å². The van der Waals surface area contributed by atoms with E-state index >= 15 is 4.39 Å². The predicted octanol–water partition coefficient (Wildman–Crippen LogP) is 3.80. The Balaban J connectivity index is 1.33. The van der Waals surface area contributed by atoms with Crippen molar-refractivity contribution in [1.82, 2.24) is 35.5 Å². The maximum Gasteiger partial charge on any atom is 0.315 e. The van der Waals surface area contributed by atoms with Crippen LogP contribution in [0.25, 0.3) is 22.2 Å². The lowest BCUT2D eigenvalue weighted by atomic mass is 9.96. The zero-order valence-corrected chi connectivity index (χ0v) is 22.3. The second-order valence-corrected chi connectivity index (χ2v) is 10.8. The number of benzene rings is 1. The molecule has 0 saturated carbocycles. The van der Waals surface area contributed by atoms with Crippen LogP contribution in [0.15, 0.2) is 35.0 Å². The van der Waals surface area contributed by atoms with Crippen LogP contribution in [-0.4, -0.2) is 61.2 Å². The fourth-order valence-corrected chi connectivity index (χ4v) is 4.60. The molecule has 0 radical (unpaired) electrons. The van der Waals surface area contributed by atoms with Crippen LogP contribution in [0.1, 0.15) is 62.6 Å². The summed E-state index contributed by atoms with van der Waals surface area (Å²) in [5, 5.41) is 18.0. The molecule has 4 heterocycles. The summed E-state index contributed by atoms with van der Waals surface area (Å²) in [6.45, 7) is 8.60. The van der Waals surface area contributed by atoms with Crippen molar-refractivity contribution in [2.45, 2.75) is 58.5 Å². The van der Waals surface area contributed by atoms with Crippen LogP contribution in [0.2, 0.25) is 0 Å². The molecule has 0 spiro atoms. The van der Waals surface area contributed by atoms with Gasteiger partial charge >= 0.3 is 11.8 Å². The largest absolute Gasteiger partial charge is 0.364 e. The smallest absolute Gasteiger partial charge is 0.315 e. The van der Waals surface area contributed by atoms with Gasteiger partial charge in [-0.25, -0.2) is 9.37 Å². The molecule has 1 saturated heterocycles. The van der Waals surface area contributed by atoms with E-state index in [1.165, 1.54) is 6.07 Å². The number of hydrogen-bond donors (Lipinski definition) is 3. The molecule has 5 rings (SSSR count). The van der Waals surface area contributed by atoms with Crippen molar-refractivity contribution in [1.29, 1.82) is 0 Å². The molecule has 0 bridgehead atoms. The Morgan fingerprint density at radius 2 is 2.08 bits per heavy atom. The molecular formula is C27H31FN8O3. The average Bonchev–Trinajstić information content (AvgIpc) is 3.56. The number of carbonyl (C=O) groups excluding carboxylic acids is 2. The van der Waals surface area contributed by atoms with Crippen LogP contribution < -0.4 is 10.6 Å². The number of nitrogens with one attached hydrogen (secondary N) is 3. The van der Waals surface area contributed by atoms with Crippen LogP contribution in [0, 0.1) is 5.82 Å². The normalized spacial score (nSPS) is 15.9. The van der Waals surface area contributed by atoms with E-state index in [0.717, 1.165) is 30.3 Å². The Hall–Kier alpha value is -4.35. The van der Waals surface area contributed by atoms with Crippen molar-refractivity contribution in [2.24, 2.45) is 0 Å². The van der Waals surface area contributed by atoms with Gasteiger partial charge in [-0.05, 0) is 36.1 Å². The summed E-state index contributed by atoms with van der Waals surface area (Å²) in [6, 6.07) is 6.70. The van der Waals surface area contributed by atoms with Gasteiger partial charge in [0.1, 0.15) is 5.82 Å². The van der Waals surface area contributed by atoms with Gasteiger partial charge in [-0.2, -0.15) is 10.1 Å². The number of amides is 2. The van der Waals surface area contributed by atoms with Gasteiger partial charge in [-0.1, -0.05) is 38.1 Å². The molecule has 11 nitrogen and oxygen atoms in total. The third-order valence-corrected chi connectivity index (χ3v) is 6.76. The number of likely N-dealkylation sites (tertiary alicyclic amines) is 1. The highest BCUT2D eigenvalue weighted by Gasteiger charge is 2.25. The molecule has 3 aromatic heterocycles. The highest BCUT2D eigenvalue weighted by Crippen LogP contribution is 2.33. The fraction of sp³-hybridized carbons (Fsp3) is 0.407. The standard InChI is InChI=1S/C27H31FN8O3/c1-15(37)36-11-5-6-18(14-36)31-23-21-19(9-10-29-22(21)33-34-23)16-7-8-17(20(28)12-16)13-30-24(38)25-32-26(35-39-25)27(2,3)4/h7-10,12,18H,5-6,11,13-14H2,1-4H3,(H,30,38)(H2,29,31,33,34)/t18-/m0/s1. The van der Waals surface area contributed by atoms with Gasteiger partial charge in [-0.3, -0.25) is 14.7 Å². The number of pyridine rings is 1. The van der Waals surface area contributed by atoms with Crippen LogP contribution in [-0.2, 0) is 16.8 Å². The van der Waals surface area contributed by atoms with E-state index in [1.54, 1.807) is 25.3 Å². The summed E-state index contributed by atoms with van der Waals surface area (Å²) in [4.78, 5) is 34.6. The first-order chi connectivity index (χ1) is 18.6. The van der Waals surface area contributed by atoms with Crippen molar-refractivity contribution >= 4 is 28.7 Å². The Labute approximate surface area is 224 Å². The third kappa shape index (κ3) is 5.59. The zero-order chi connectivity index (χ0) is 27.7. The number of piperidine rings is 1. The van der Waals surface area contributed by atoms with Crippen LogP contribution in [0.4, 0.5) is 10.2 Å². The Bertz CT molecular complexity index is 1520.